The molecule has 0 aliphatic carbocycles. The molecule has 5 amide bonds. The van der Waals surface area contributed by atoms with Crippen LogP contribution in [0.15, 0.2) is 24.3 Å². The van der Waals surface area contributed by atoms with E-state index >= 15 is 0 Å². The SMILES string of the molecule is C.C.C.C.CC(=O)NCCOCCOCC(=O)OCCN(CCOC(C)=O)CC(=O)NCCCCCCOP(C)(=O)[O-].CCCOCC(=O)NCC(=O)Oc1c(C)cc(COC(=O)NCCCCCCOP(C)(=O)[O-])cc1C.CCCOCC(=O)Oc1c(C)cc(COC(=O)NCCCCCCOP(C)(=O)[O-])cc1C. The molecule has 0 aromatic heterocycles. The highest BCUT2D eigenvalue weighted by atomic mass is 31.2. The normalized spacial score (nSPS) is 12.1. The van der Waals surface area contributed by atoms with Gasteiger partial charge < -0.3 is 116 Å². The first-order valence-electron chi connectivity index (χ1n) is 35.4. The molecule has 2 aromatic rings. The van der Waals surface area contributed by atoms with Gasteiger partial charge in [0.1, 0.15) is 87.1 Å². The molecule has 37 heteroatoms. The highest BCUT2D eigenvalue weighted by Crippen LogP contribution is 2.33. The van der Waals surface area contributed by atoms with Gasteiger partial charge in [0.25, 0.3) is 0 Å². The van der Waals surface area contributed by atoms with Crippen LogP contribution in [0.4, 0.5) is 9.59 Å². The van der Waals surface area contributed by atoms with Crippen molar-refractivity contribution < 1.29 is 132 Å². The largest absolute Gasteiger partial charge is 0.779 e. The van der Waals surface area contributed by atoms with Crippen molar-refractivity contribution in [2.24, 2.45) is 0 Å². The Morgan fingerprint density at radius 2 is 0.782 bits per heavy atom. The summed E-state index contributed by atoms with van der Waals surface area (Å²) in [5.41, 5.74) is 4.47. The summed E-state index contributed by atoms with van der Waals surface area (Å²) in [6.07, 6.45) is 9.60. The average Bonchev–Trinajstić information content (AvgIpc) is 0.844. The molecular formula is C73H132N6O28P3-3. The third-order valence-corrected chi connectivity index (χ3v) is 15.8. The van der Waals surface area contributed by atoms with Gasteiger partial charge in [0.2, 0.25) is 17.7 Å². The van der Waals surface area contributed by atoms with E-state index in [1.165, 1.54) is 13.8 Å². The molecule has 34 nitrogen and oxygen atoms in total. The standard InChI is InChI=1S/C24H39N2O9P.C23H44N3O11P.C22H36NO8P.4CH4/c1-5-11-32-17-21(27)26-15-22(28)35-23-18(2)13-20(14-19(23)3)16-33-24(29)25-10-8-6-7-9-12-34-36(4,30)31;1-20(27)24-9-13-33-16-17-34-19-23(30)36-15-11-26(10-14-35-21(2)28)18-22(29)25-8-6-4-5-7-12-37-38(3,31)32;1-5-11-28-16-20(24)31-21-17(2)13-19(14-18(21)3)15-29-22(25)23-10-8-6-7-9-12-30-32(4,26)27;;;;/h13-14H,5-12,15-17H2,1-4H3,(H,25,29)(H,26,27)(H,30,31);4-19H2,1-3H3,(H,24,27)(H,25,29)(H,31,32);13-14H,5-12,15-16H2,1-4H3,(H,23,25)(H,26,27);4*1H4/p-3. The molecule has 0 aliphatic heterocycles. The van der Waals surface area contributed by atoms with Crippen LogP contribution in [0.2, 0.25) is 0 Å². The van der Waals surface area contributed by atoms with Gasteiger partial charge in [-0.2, -0.15) is 0 Å². The van der Waals surface area contributed by atoms with Crippen molar-refractivity contribution in [2.45, 2.75) is 188 Å². The number of rotatable bonds is 56. The lowest BCUT2D eigenvalue weighted by molar-refractivity contribution is -0.197. The first kappa shape index (κ1) is 112. The number of benzene rings is 2. The molecule has 0 aliphatic rings. The van der Waals surface area contributed by atoms with Crippen molar-refractivity contribution in [1.29, 1.82) is 0 Å². The second kappa shape index (κ2) is 68.1. The fraction of sp³-hybridized carbons (Fsp3) is 0.712. The number of nitrogens with one attached hydrogen (secondary N) is 5. The number of carbonyl (C=O) groups excluding carboxylic acids is 9. The monoisotopic (exact) mass is 1630 g/mol. The number of esters is 4. The topological polar surface area (TPSA) is 457 Å². The number of unbranched alkanes of at least 4 members (excludes halogenated alkanes) is 9. The maximum absolute atomic E-state index is 12.3. The van der Waals surface area contributed by atoms with E-state index in [1.54, 1.807) is 30.9 Å². The molecule has 2 aromatic carbocycles. The van der Waals surface area contributed by atoms with Crippen LogP contribution in [-0.2, 0) is 112 Å². The molecule has 0 fully saturated rings. The van der Waals surface area contributed by atoms with Crippen molar-refractivity contribution in [3.63, 3.8) is 0 Å². The summed E-state index contributed by atoms with van der Waals surface area (Å²) in [7, 11) is -11.0. The third-order valence-electron chi connectivity index (χ3n) is 13.8. The minimum atomic E-state index is -3.68. The van der Waals surface area contributed by atoms with Crippen molar-refractivity contribution in [3.8, 4) is 11.5 Å². The van der Waals surface area contributed by atoms with Crippen molar-refractivity contribution in [1.82, 2.24) is 31.5 Å². The molecule has 0 spiro atoms. The van der Waals surface area contributed by atoms with E-state index in [2.05, 4.69) is 26.6 Å². The van der Waals surface area contributed by atoms with Crippen molar-refractivity contribution in [3.05, 3.63) is 57.6 Å². The van der Waals surface area contributed by atoms with E-state index < -0.39 is 58.9 Å². The van der Waals surface area contributed by atoms with Gasteiger partial charge in [0.15, 0.2) is 0 Å². The van der Waals surface area contributed by atoms with Crippen LogP contribution in [0.5, 0.6) is 11.5 Å². The van der Waals surface area contributed by atoms with E-state index in [0.717, 1.165) is 113 Å². The predicted octanol–water partition coefficient (Wildman–Crippen LogP) is 8.34. The summed E-state index contributed by atoms with van der Waals surface area (Å²) >= 11 is 0. The molecular weight excluding hydrogens is 1500 g/mol. The van der Waals surface area contributed by atoms with Crippen molar-refractivity contribution in [2.75, 3.05) is 158 Å². The molecule has 0 heterocycles. The number of hydrogen-bond donors (Lipinski definition) is 5. The smallest absolute Gasteiger partial charge is 0.407 e. The quantitative estimate of drug-likeness (QED) is 0.0136. The molecule has 0 bridgehead atoms. The Labute approximate surface area is 653 Å². The lowest BCUT2D eigenvalue weighted by atomic mass is 10.1. The molecule has 640 valence electrons. The predicted molar refractivity (Wildman–Crippen MR) is 413 cm³/mol. The number of aryl methyl sites for hydroxylation is 4. The Bertz CT molecular complexity index is 2990. The van der Waals surface area contributed by atoms with Gasteiger partial charge >= 0.3 is 36.1 Å². The molecule has 3 unspecified atom stereocenters. The second-order valence-electron chi connectivity index (χ2n) is 24.3. The zero-order valence-corrected chi connectivity index (χ0v) is 66.4. The third kappa shape index (κ3) is 69.5. The maximum Gasteiger partial charge on any atom is 0.407 e. The highest BCUT2D eigenvalue weighted by Gasteiger charge is 2.18. The van der Waals surface area contributed by atoms with E-state index in [1.807, 2.05) is 39.8 Å². The number of nitrogens with zero attached hydrogens (tertiary/aromatic N) is 1. The number of carbonyl (C=O) groups is 9. The average molecular weight is 1630 g/mol. The summed E-state index contributed by atoms with van der Waals surface area (Å²) < 4.78 is 98.9. The lowest BCUT2D eigenvalue weighted by Crippen LogP contribution is -2.41. The van der Waals surface area contributed by atoms with Crippen LogP contribution in [0.25, 0.3) is 0 Å². The van der Waals surface area contributed by atoms with Crippen LogP contribution in [-0.4, -0.2) is 217 Å². The molecule has 110 heavy (non-hydrogen) atoms. The van der Waals surface area contributed by atoms with Gasteiger partial charge in [-0.25, -0.2) is 24.0 Å². The Morgan fingerprint density at radius 3 is 1.20 bits per heavy atom. The summed E-state index contributed by atoms with van der Waals surface area (Å²) in [4.78, 5) is 140. The van der Waals surface area contributed by atoms with Gasteiger partial charge in [-0.1, -0.05) is 82.1 Å². The second-order valence-corrected chi connectivity index (χ2v) is 29.7. The van der Waals surface area contributed by atoms with Crippen LogP contribution >= 0.6 is 22.8 Å². The fourth-order valence-electron chi connectivity index (χ4n) is 8.99. The van der Waals surface area contributed by atoms with Crippen LogP contribution < -0.4 is 50.7 Å². The molecule has 3 atom stereocenters. The Balaban J connectivity index is -0.000000494. The van der Waals surface area contributed by atoms with E-state index in [4.69, 9.17) is 60.9 Å². The first-order valence-corrected chi connectivity index (χ1v) is 41.4. The fourth-order valence-corrected chi connectivity index (χ4v) is 10.4. The Kier molecular flexibility index (Phi) is 69.4. The van der Waals surface area contributed by atoms with Gasteiger partial charge in [-0.15, -0.1) is 0 Å². The Morgan fingerprint density at radius 1 is 0.400 bits per heavy atom. The zero-order valence-electron chi connectivity index (χ0n) is 63.7. The molecule has 0 radical (unpaired) electrons. The number of amides is 5. The minimum absolute atomic E-state index is 0. The van der Waals surface area contributed by atoms with Gasteiger partial charge in [-0.3, -0.25) is 24.1 Å². The van der Waals surface area contributed by atoms with Crippen molar-refractivity contribution >= 4 is 76.6 Å². The Hall–Kier alpha value is -6.48. The van der Waals surface area contributed by atoms with Crippen LogP contribution in [0.3, 0.4) is 0 Å². The maximum atomic E-state index is 12.3. The van der Waals surface area contributed by atoms with Gasteiger partial charge in [0, 0.05) is 86.3 Å². The molecule has 5 N–H and O–H groups in total. The minimum Gasteiger partial charge on any atom is -0.779 e. The van der Waals surface area contributed by atoms with E-state index in [0.29, 0.717) is 87.9 Å². The summed E-state index contributed by atoms with van der Waals surface area (Å²) in [6, 6.07) is 7.16. The number of hydrogen-bond acceptors (Lipinski definition) is 29. The van der Waals surface area contributed by atoms with E-state index in [9.17, 15) is 71.5 Å². The summed E-state index contributed by atoms with van der Waals surface area (Å²) in [6.45, 7) is 21.2. The van der Waals surface area contributed by atoms with Gasteiger partial charge in [-0.05, 0) is 137 Å². The van der Waals surface area contributed by atoms with E-state index in [-0.39, 0.29) is 153 Å². The molecule has 2 rings (SSSR count). The number of alkyl carbamates (subject to hydrolysis) is 2. The summed E-state index contributed by atoms with van der Waals surface area (Å²) in [5, 5.41) is 13.2. The highest BCUT2D eigenvalue weighted by molar-refractivity contribution is 7.50. The van der Waals surface area contributed by atoms with Gasteiger partial charge in [0.05, 0.1) is 46.2 Å². The lowest BCUT2D eigenvalue weighted by Gasteiger charge is -2.21. The first-order chi connectivity index (χ1) is 50.1. The zero-order chi connectivity index (χ0) is 79.6. The molecule has 0 saturated heterocycles. The molecule has 0 saturated carbocycles. The number of ether oxygens (including phenoxy) is 10. The van der Waals surface area contributed by atoms with Crippen LogP contribution in [0, 0.1) is 27.7 Å². The summed E-state index contributed by atoms with van der Waals surface area (Å²) in [5.74, 6) is -1.90. The van der Waals surface area contributed by atoms with Crippen LogP contribution in [0.1, 0.15) is 181 Å².